The number of allylic oxidation sites excluding steroid dienone is 1. The zero-order valence-corrected chi connectivity index (χ0v) is 24.5. The molecule has 0 unspecified atom stereocenters. The molecule has 37 heavy (non-hydrogen) atoms. The van der Waals surface area contributed by atoms with Gasteiger partial charge >= 0.3 is 5.97 Å². The maximum absolute atomic E-state index is 12.7. The van der Waals surface area contributed by atoms with Crippen LogP contribution in [0.4, 0.5) is 0 Å². The number of benzene rings is 1. The Morgan fingerprint density at radius 1 is 0.973 bits per heavy atom. The summed E-state index contributed by atoms with van der Waals surface area (Å²) in [5.74, 6) is 5.56. The van der Waals surface area contributed by atoms with E-state index >= 15 is 0 Å². The minimum atomic E-state index is -0.163. The average Bonchev–Trinajstić information content (AvgIpc) is 3.22. The van der Waals surface area contributed by atoms with Crippen molar-refractivity contribution in [3.63, 3.8) is 0 Å². The lowest BCUT2D eigenvalue weighted by Crippen LogP contribution is -2.53. The molecule has 9 atom stereocenters. The molecule has 0 N–H and O–H groups in total. The van der Waals surface area contributed by atoms with Crippen LogP contribution in [0.1, 0.15) is 116 Å². The van der Waals surface area contributed by atoms with Gasteiger partial charge in [-0.15, -0.1) is 0 Å². The highest BCUT2D eigenvalue weighted by Crippen LogP contribution is 2.68. The Morgan fingerprint density at radius 3 is 2.46 bits per heavy atom. The quantitative estimate of drug-likeness (QED) is 0.273. The van der Waals surface area contributed by atoms with Crippen molar-refractivity contribution in [2.45, 2.75) is 112 Å². The van der Waals surface area contributed by atoms with Gasteiger partial charge in [0.1, 0.15) is 6.10 Å². The second-order valence-electron chi connectivity index (χ2n) is 14.4. The number of rotatable bonds is 7. The minimum Gasteiger partial charge on any atom is -0.458 e. The first-order valence-corrected chi connectivity index (χ1v) is 15.6. The highest BCUT2D eigenvalue weighted by atomic mass is 16.5. The van der Waals surface area contributed by atoms with Gasteiger partial charge in [0.05, 0.1) is 5.56 Å². The van der Waals surface area contributed by atoms with Gasteiger partial charge in [0.2, 0.25) is 0 Å². The van der Waals surface area contributed by atoms with Crippen LogP contribution >= 0.6 is 0 Å². The first-order valence-electron chi connectivity index (χ1n) is 15.6. The zero-order chi connectivity index (χ0) is 26.4. The van der Waals surface area contributed by atoms with E-state index in [1.54, 1.807) is 5.57 Å². The maximum Gasteiger partial charge on any atom is 0.338 e. The zero-order valence-electron chi connectivity index (χ0n) is 24.5. The fraction of sp³-hybridized carbons (Fsp3) is 0.743. The molecule has 3 saturated carbocycles. The molecule has 204 valence electrons. The maximum atomic E-state index is 12.7. The predicted octanol–water partition coefficient (Wildman–Crippen LogP) is 9.50. The number of ether oxygens (including phenoxy) is 1. The van der Waals surface area contributed by atoms with Crippen LogP contribution in [-0.4, -0.2) is 12.1 Å². The molecule has 3 fully saturated rings. The molecular weight excluding hydrogens is 452 g/mol. The van der Waals surface area contributed by atoms with E-state index in [4.69, 9.17) is 4.74 Å². The Morgan fingerprint density at radius 2 is 1.73 bits per heavy atom. The normalized spacial score (nSPS) is 39.8. The molecule has 0 aromatic heterocycles. The molecule has 2 heteroatoms. The molecular formula is C35H52O2. The lowest BCUT2D eigenvalue weighted by Gasteiger charge is -2.60. The summed E-state index contributed by atoms with van der Waals surface area (Å²) >= 11 is 0. The second kappa shape index (κ2) is 10.5. The summed E-state index contributed by atoms with van der Waals surface area (Å²) < 4.78 is 6.04. The Balaban J connectivity index is 1.29. The van der Waals surface area contributed by atoms with Gasteiger partial charge in [0.25, 0.3) is 0 Å². The highest BCUT2D eigenvalue weighted by Gasteiger charge is 2.60. The van der Waals surface area contributed by atoms with Crippen LogP contribution in [0.5, 0.6) is 0 Å². The topological polar surface area (TPSA) is 26.3 Å². The Kier molecular flexibility index (Phi) is 7.69. The standard InChI is InChI=1S/C35H52O2/c1-23(2)11-10-12-24(3)29-15-16-30-32-25(4)21-27-22-28(37-33(36)26-13-8-7-9-14-26)17-19-34(27,5)31(32)18-20-35(29,30)6/h7-9,13-14,21,23-25,28-32H,10-12,15-20,22H2,1-6H3/t24-,25-,28+,29+,30-,31-,32-,34+,35+/m1/s1. The van der Waals surface area contributed by atoms with Gasteiger partial charge in [-0.3, -0.25) is 0 Å². The van der Waals surface area contributed by atoms with E-state index in [1.807, 2.05) is 30.3 Å². The first kappa shape index (κ1) is 27.0. The number of carbonyl (C=O) groups excluding carboxylic acids is 1. The van der Waals surface area contributed by atoms with Crippen molar-refractivity contribution in [2.24, 2.45) is 52.3 Å². The molecule has 4 aliphatic rings. The number of hydrogen-bond donors (Lipinski definition) is 0. The fourth-order valence-corrected chi connectivity index (χ4v) is 9.90. The molecule has 0 amide bonds. The Bertz CT molecular complexity index is 978. The SMILES string of the molecule is CC(C)CCC[C@@H](C)[C@@H]1CC[C@@H]2[C@H]3[C@H](C)C=C4C[C@@H](OC(=O)c5ccccc5)CC[C@]4(C)[C@@H]3CC[C@]21C. The van der Waals surface area contributed by atoms with Gasteiger partial charge in [0, 0.05) is 6.42 Å². The molecule has 0 bridgehead atoms. The van der Waals surface area contributed by atoms with Crippen molar-refractivity contribution in [1.29, 1.82) is 0 Å². The number of hydrogen-bond acceptors (Lipinski definition) is 2. The van der Waals surface area contributed by atoms with E-state index in [1.165, 1.54) is 44.9 Å². The van der Waals surface area contributed by atoms with Gasteiger partial charge in [-0.1, -0.05) is 90.7 Å². The summed E-state index contributed by atoms with van der Waals surface area (Å²) in [6, 6.07) is 9.50. The molecule has 4 aliphatic carbocycles. The van der Waals surface area contributed by atoms with Crippen LogP contribution in [0.3, 0.4) is 0 Å². The second-order valence-corrected chi connectivity index (χ2v) is 14.4. The summed E-state index contributed by atoms with van der Waals surface area (Å²) in [5, 5.41) is 0. The molecule has 0 saturated heterocycles. The third kappa shape index (κ3) is 4.96. The predicted molar refractivity (Wildman–Crippen MR) is 153 cm³/mol. The highest BCUT2D eigenvalue weighted by molar-refractivity contribution is 5.89. The average molecular weight is 505 g/mol. The summed E-state index contributed by atoms with van der Waals surface area (Å²) in [6.45, 7) is 15.1. The lowest BCUT2D eigenvalue weighted by atomic mass is 9.45. The van der Waals surface area contributed by atoms with Crippen molar-refractivity contribution in [3.8, 4) is 0 Å². The van der Waals surface area contributed by atoms with E-state index in [-0.39, 0.29) is 17.5 Å². The minimum absolute atomic E-state index is 0.0205. The van der Waals surface area contributed by atoms with E-state index in [9.17, 15) is 4.79 Å². The van der Waals surface area contributed by atoms with Gasteiger partial charge < -0.3 is 4.74 Å². The molecule has 0 spiro atoms. The van der Waals surface area contributed by atoms with Crippen LogP contribution in [0.15, 0.2) is 42.0 Å². The smallest absolute Gasteiger partial charge is 0.338 e. The third-order valence-electron chi connectivity index (χ3n) is 11.9. The molecule has 1 aromatic carbocycles. The van der Waals surface area contributed by atoms with Gasteiger partial charge in [-0.25, -0.2) is 4.79 Å². The van der Waals surface area contributed by atoms with E-state index in [0.29, 0.717) is 16.9 Å². The fourth-order valence-electron chi connectivity index (χ4n) is 9.90. The van der Waals surface area contributed by atoms with Crippen LogP contribution in [-0.2, 0) is 4.74 Å². The van der Waals surface area contributed by atoms with Crippen LogP contribution in [0.25, 0.3) is 0 Å². The van der Waals surface area contributed by atoms with E-state index in [0.717, 1.165) is 54.8 Å². The number of esters is 1. The van der Waals surface area contributed by atoms with Crippen molar-refractivity contribution < 1.29 is 9.53 Å². The van der Waals surface area contributed by atoms with Crippen molar-refractivity contribution >= 4 is 5.97 Å². The molecule has 1 aromatic rings. The summed E-state index contributed by atoms with van der Waals surface area (Å²) in [5.41, 5.74) is 3.08. The monoisotopic (exact) mass is 504 g/mol. The Labute approximate surface area is 227 Å². The molecule has 0 heterocycles. The van der Waals surface area contributed by atoms with Crippen LogP contribution < -0.4 is 0 Å². The summed E-state index contributed by atoms with van der Waals surface area (Å²) in [4.78, 5) is 12.7. The van der Waals surface area contributed by atoms with Crippen molar-refractivity contribution in [2.75, 3.05) is 0 Å². The first-order chi connectivity index (χ1) is 17.6. The van der Waals surface area contributed by atoms with Crippen molar-refractivity contribution in [1.82, 2.24) is 0 Å². The van der Waals surface area contributed by atoms with E-state index in [2.05, 4.69) is 47.6 Å². The number of fused-ring (bicyclic) bond motifs is 5. The largest absolute Gasteiger partial charge is 0.458 e. The number of carbonyl (C=O) groups is 1. The molecule has 2 nitrogen and oxygen atoms in total. The Hall–Kier alpha value is -1.57. The molecule has 0 aliphatic heterocycles. The van der Waals surface area contributed by atoms with Gasteiger partial charge in [-0.05, 0) is 103 Å². The van der Waals surface area contributed by atoms with Gasteiger partial charge in [0.15, 0.2) is 0 Å². The summed E-state index contributed by atoms with van der Waals surface area (Å²) in [6.07, 6.45) is 15.7. The van der Waals surface area contributed by atoms with Crippen LogP contribution in [0, 0.1) is 52.3 Å². The third-order valence-corrected chi connectivity index (χ3v) is 11.9. The summed E-state index contributed by atoms with van der Waals surface area (Å²) in [7, 11) is 0. The molecule has 0 radical (unpaired) electrons. The lowest BCUT2D eigenvalue weighted by molar-refractivity contribution is -0.0745. The van der Waals surface area contributed by atoms with E-state index < -0.39 is 0 Å². The molecule has 5 rings (SSSR count). The van der Waals surface area contributed by atoms with Crippen molar-refractivity contribution in [3.05, 3.63) is 47.5 Å². The van der Waals surface area contributed by atoms with Gasteiger partial charge in [-0.2, -0.15) is 0 Å². The van der Waals surface area contributed by atoms with Crippen LogP contribution in [0.2, 0.25) is 0 Å².